The van der Waals surface area contributed by atoms with Crippen LogP contribution in [0, 0.1) is 17.6 Å². The Hall–Kier alpha value is -1.20. The van der Waals surface area contributed by atoms with Crippen LogP contribution >= 0.6 is 0 Å². The third-order valence-corrected chi connectivity index (χ3v) is 3.77. The number of methoxy groups -OCH3 is 1. The molecule has 0 radical (unpaired) electrons. The van der Waals surface area contributed by atoms with Crippen LogP contribution in [0.15, 0.2) is 12.1 Å². The molecule has 19 heavy (non-hydrogen) atoms. The van der Waals surface area contributed by atoms with Crippen molar-refractivity contribution < 1.29 is 18.3 Å². The minimum atomic E-state index is -0.588. The van der Waals surface area contributed by atoms with Crippen LogP contribution in [-0.2, 0) is 4.74 Å². The molecule has 1 aromatic carbocycles. The van der Waals surface area contributed by atoms with Gasteiger partial charge in [0.25, 0.3) is 0 Å². The van der Waals surface area contributed by atoms with Crippen molar-refractivity contribution in [3.8, 4) is 5.75 Å². The average Bonchev–Trinajstić information content (AvgIpc) is 2.79. The third kappa shape index (κ3) is 2.72. The summed E-state index contributed by atoms with van der Waals surface area (Å²) in [5.41, 5.74) is 0.0608. The molecule has 2 rings (SSSR count). The van der Waals surface area contributed by atoms with E-state index in [1.165, 1.54) is 19.2 Å². The van der Waals surface area contributed by atoms with Crippen LogP contribution in [0.2, 0.25) is 0 Å². The van der Waals surface area contributed by atoms with Crippen LogP contribution in [-0.4, -0.2) is 26.9 Å². The molecular weight excluding hydrogens is 252 g/mol. The van der Waals surface area contributed by atoms with Gasteiger partial charge in [-0.25, -0.2) is 8.78 Å². The number of nitrogens with one attached hydrogen (secondary N) is 1. The largest absolute Gasteiger partial charge is 0.497 e. The van der Waals surface area contributed by atoms with Crippen molar-refractivity contribution in [1.29, 1.82) is 0 Å². The maximum atomic E-state index is 14.1. The van der Waals surface area contributed by atoms with Crippen LogP contribution < -0.4 is 10.1 Å². The van der Waals surface area contributed by atoms with E-state index < -0.39 is 17.7 Å². The van der Waals surface area contributed by atoms with Crippen molar-refractivity contribution in [2.24, 2.45) is 5.92 Å². The van der Waals surface area contributed by atoms with Gasteiger partial charge in [0, 0.05) is 36.3 Å². The van der Waals surface area contributed by atoms with Gasteiger partial charge in [-0.1, -0.05) is 0 Å². The zero-order chi connectivity index (χ0) is 14.0. The summed E-state index contributed by atoms with van der Waals surface area (Å²) in [5.74, 6) is -0.933. The van der Waals surface area contributed by atoms with Crippen molar-refractivity contribution in [3.63, 3.8) is 0 Å². The molecule has 1 fully saturated rings. The second-order valence-corrected chi connectivity index (χ2v) is 4.80. The predicted molar refractivity (Wildman–Crippen MR) is 68.2 cm³/mol. The lowest BCUT2D eigenvalue weighted by Crippen LogP contribution is -2.31. The molecule has 106 valence electrons. The summed E-state index contributed by atoms with van der Waals surface area (Å²) < 4.78 is 38.6. The molecule has 1 aliphatic heterocycles. The molecule has 0 aromatic heterocycles. The van der Waals surface area contributed by atoms with E-state index in [1.54, 1.807) is 7.05 Å². The SMILES string of the molecule is CNC(c1c(F)cc(OC)cc1F)C1CCOC1C. The Morgan fingerprint density at radius 2 is 2.00 bits per heavy atom. The smallest absolute Gasteiger partial charge is 0.134 e. The molecule has 0 spiro atoms. The number of ether oxygens (including phenoxy) is 2. The minimum absolute atomic E-state index is 0.0154. The van der Waals surface area contributed by atoms with Crippen LogP contribution in [0.4, 0.5) is 8.78 Å². The van der Waals surface area contributed by atoms with Crippen LogP contribution in [0.1, 0.15) is 24.9 Å². The van der Waals surface area contributed by atoms with Crippen molar-refractivity contribution in [3.05, 3.63) is 29.3 Å². The fraction of sp³-hybridized carbons (Fsp3) is 0.571. The Morgan fingerprint density at radius 1 is 1.37 bits per heavy atom. The van der Waals surface area contributed by atoms with Crippen molar-refractivity contribution in [1.82, 2.24) is 5.32 Å². The molecule has 5 heteroatoms. The highest BCUT2D eigenvalue weighted by atomic mass is 19.1. The summed E-state index contributed by atoms with van der Waals surface area (Å²) in [6, 6.07) is 2.02. The van der Waals surface area contributed by atoms with Gasteiger partial charge < -0.3 is 14.8 Å². The number of hydrogen-bond acceptors (Lipinski definition) is 3. The van der Waals surface area contributed by atoms with E-state index in [0.717, 1.165) is 6.42 Å². The Kier molecular flexibility index (Phi) is 4.37. The first-order valence-corrected chi connectivity index (χ1v) is 6.40. The van der Waals surface area contributed by atoms with E-state index >= 15 is 0 Å². The molecule has 1 saturated heterocycles. The molecule has 0 amide bonds. The maximum absolute atomic E-state index is 14.1. The number of rotatable bonds is 4. The van der Waals surface area contributed by atoms with Crippen molar-refractivity contribution in [2.45, 2.75) is 25.5 Å². The monoisotopic (exact) mass is 271 g/mol. The van der Waals surface area contributed by atoms with Crippen molar-refractivity contribution in [2.75, 3.05) is 20.8 Å². The van der Waals surface area contributed by atoms with Crippen molar-refractivity contribution >= 4 is 0 Å². The molecule has 1 heterocycles. The lowest BCUT2D eigenvalue weighted by atomic mass is 9.87. The van der Waals surface area contributed by atoms with E-state index in [-0.39, 0.29) is 23.3 Å². The maximum Gasteiger partial charge on any atom is 0.134 e. The third-order valence-electron chi connectivity index (χ3n) is 3.77. The van der Waals surface area contributed by atoms with Crippen LogP contribution in [0.25, 0.3) is 0 Å². The van der Waals surface area contributed by atoms with Gasteiger partial charge in [0.15, 0.2) is 0 Å². The second kappa shape index (κ2) is 5.84. The van der Waals surface area contributed by atoms with Crippen LogP contribution in [0.3, 0.4) is 0 Å². The zero-order valence-corrected chi connectivity index (χ0v) is 11.4. The topological polar surface area (TPSA) is 30.5 Å². The Balaban J connectivity index is 2.38. The Morgan fingerprint density at radius 3 is 2.42 bits per heavy atom. The van der Waals surface area contributed by atoms with Gasteiger partial charge in [0.2, 0.25) is 0 Å². The number of hydrogen-bond donors (Lipinski definition) is 1. The molecule has 3 atom stereocenters. The highest BCUT2D eigenvalue weighted by Gasteiger charge is 2.35. The number of halogens is 2. The van der Waals surface area contributed by atoms with Gasteiger partial charge in [-0.2, -0.15) is 0 Å². The molecule has 1 N–H and O–H groups in total. The molecule has 3 nitrogen and oxygen atoms in total. The zero-order valence-electron chi connectivity index (χ0n) is 11.4. The van der Waals surface area contributed by atoms with Gasteiger partial charge >= 0.3 is 0 Å². The fourth-order valence-electron chi connectivity index (χ4n) is 2.73. The molecule has 0 aliphatic carbocycles. The summed E-state index contributed by atoms with van der Waals surface area (Å²) in [4.78, 5) is 0. The molecule has 1 aromatic rings. The van der Waals surface area contributed by atoms with Gasteiger partial charge in [-0.3, -0.25) is 0 Å². The molecule has 0 bridgehead atoms. The summed E-state index contributed by atoms with van der Waals surface area (Å²) >= 11 is 0. The highest BCUT2D eigenvalue weighted by molar-refractivity contribution is 5.33. The Bertz CT molecular complexity index is 430. The average molecular weight is 271 g/mol. The van der Waals surface area contributed by atoms with E-state index in [2.05, 4.69) is 5.32 Å². The first-order chi connectivity index (χ1) is 9.08. The normalized spacial score (nSPS) is 24.5. The fourth-order valence-corrected chi connectivity index (χ4v) is 2.73. The van der Waals surface area contributed by atoms with E-state index in [9.17, 15) is 8.78 Å². The molecular formula is C14H19F2NO2. The summed E-state index contributed by atoms with van der Waals surface area (Å²) in [6.07, 6.45) is 0.774. The summed E-state index contributed by atoms with van der Waals surface area (Å²) in [5, 5.41) is 3.01. The van der Waals surface area contributed by atoms with Gasteiger partial charge in [-0.15, -0.1) is 0 Å². The Labute approximate surface area is 111 Å². The van der Waals surface area contributed by atoms with E-state index in [1.807, 2.05) is 6.92 Å². The molecule has 0 saturated carbocycles. The van der Waals surface area contributed by atoms with Gasteiger partial charge in [-0.05, 0) is 20.4 Å². The van der Waals surface area contributed by atoms with E-state index in [0.29, 0.717) is 6.61 Å². The molecule has 3 unspecified atom stereocenters. The quantitative estimate of drug-likeness (QED) is 0.913. The lowest BCUT2D eigenvalue weighted by molar-refractivity contribution is 0.0954. The van der Waals surface area contributed by atoms with Crippen LogP contribution in [0.5, 0.6) is 5.75 Å². The predicted octanol–water partition coefficient (Wildman–Crippen LogP) is 2.66. The molecule has 1 aliphatic rings. The summed E-state index contributed by atoms with van der Waals surface area (Å²) in [6.45, 7) is 2.56. The first-order valence-electron chi connectivity index (χ1n) is 6.40. The lowest BCUT2D eigenvalue weighted by Gasteiger charge is -2.26. The minimum Gasteiger partial charge on any atom is -0.497 e. The standard InChI is InChI=1S/C14H19F2NO2/c1-8-10(4-5-19-8)14(17-2)13-11(15)6-9(18-3)7-12(13)16/h6-8,10,14,17H,4-5H2,1-3H3. The highest BCUT2D eigenvalue weighted by Crippen LogP contribution is 2.36. The first kappa shape index (κ1) is 14.2. The van der Waals surface area contributed by atoms with E-state index in [4.69, 9.17) is 9.47 Å². The summed E-state index contributed by atoms with van der Waals surface area (Å²) in [7, 11) is 3.09. The second-order valence-electron chi connectivity index (χ2n) is 4.80. The van der Waals surface area contributed by atoms with Gasteiger partial charge in [0.1, 0.15) is 17.4 Å². The number of benzene rings is 1. The van der Waals surface area contributed by atoms with Gasteiger partial charge in [0.05, 0.1) is 13.2 Å².